The monoisotopic (exact) mass is 268 g/mol. The Labute approximate surface area is 113 Å². The maximum absolute atomic E-state index is 5.93. The highest BCUT2D eigenvalue weighted by Crippen LogP contribution is 2.29. The van der Waals surface area contributed by atoms with Crippen LogP contribution in [0.4, 0.5) is 5.69 Å². The van der Waals surface area contributed by atoms with Gasteiger partial charge in [0.1, 0.15) is 4.99 Å². The highest BCUT2D eigenvalue weighted by molar-refractivity contribution is 7.80. The van der Waals surface area contributed by atoms with E-state index < -0.39 is 0 Å². The number of thiocarbonyl (C=S) groups is 1. The Balaban J connectivity index is 1.96. The summed E-state index contributed by atoms with van der Waals surface area (Å²) in [6, 6.07) is 5.61. The Kier molecular flexibility index (Phi) is 4.24. The number of anilines is 1. The molecule has 0 bridgehead atoms. The minimum absolute atomic E-state index is 0.388. The van der Waals surface area contributed by atoms with Crippen molar-refractivity contribution in [2.24, 2.45) is 11.7 Å². The maximum atomic E-state index is 5.93. The van der Waals surface area contributed by atoms with Gasteiger partial charge in [0.2, 0.25) is 0 Å². The third-order valence-corrected chi connectivity index (χ3v) is 3.79. The van der Waals surface area contributed by atoms with E-state index in [4.69, 9.17) is 29.6 Å². The molecule has 1 aliphatic carbocycles. The molecule has 1 saturated carbocycles. The fourth-order valence-electron chi connectivity index (χ4n) is 2.07. The van der Waals surface area contributed by atoms with E-state index >= 15 is 0 Å². The number of hydrogen-bond acceptors (Lipinski definition) is 2. The van der Waals surface area contributed by atoms with E-state index in [1.54, 1.807) is 0 Å². The fraction of sp³-hybridized carbons (Fsp3) is 0.462. The van der Waals surface area contributed by atoms with Gasteiger partial charge >= 0.3 is 0 Å². The number of benzene rings is 1. The molecule has 3 N–H and O–H groups in total. The third kappa shape index (κ3) is 3.33. The summed E-state index contributed by atoms with van der Waals surface area (Å²) in [5.41, 5.74) is 7.51. The molecule has 0 saturated heterocycles. The van der Waals surface area contributed by atoms with E-state index in [9.17, 15) is 0 Å². The Bertz CT molecular complexity index is 416. The summed E-state index contributed by atoms with van der Waals surface area (Å²) in [5, 5.41) is 4.06. The molecule has 0 unspecified atom stereocenters. The molecule has 0 aromatic heterocycles. The molecule has 17 heavy (non-hydrogen) atoms. The number of halogens is 1. The van der Waals surface area contributed by atoms with E-state index in [0.29, 0.717) is 10.0 Å². The normalized spacial score (nSPS) is 15.4. The van der Waals surface area contributed by atoms with E-state index in [0.717, 1.165) is 23.7 Å². The number of nitrogens with one attached hydrogen (secondary N) is 1. The summed E-state index contributed by atoms with van der Waals surface area (Å²) in [5.74, 6) is 0.906. The average Bonchev–Trinajstić information content (AvgIpc) is 2.23. The van der Waals surface area contributed by atoms with Crippen molar-refractivity contribution in [3.63, 3.8) is 0 Å². The highest BCUT2D eigenvalue weighted by Gasteiger charge is 2.16. The first kappa shape index (κ1) is 12.7. The Morgan fingerprint density at radius 1 is 1.47 bits per heavy atom. The predicted molar refractivity (Wildman–Crippen MR) is 77.8 cm³/mol. The zero-order valence-electron chi connectivity index (χ0n) is 9.71. The van der Waals surface area contributed by atoms with Gasteiger partial charge in [0.05, 0.1) is 0 Å². The molecule has 0 spiro atoms. The SMILES string of the molecule is NC(=S)c1cc(Cl)ccc1NCCC1CCC1. The molecule has 1 aliphatic rings. The summed E-state index contributed by atoms with van der Waals surface area (Å²) in [4.78, 5) is 0.388. The van der Waals surface area contributed by atoms with Gasteiger partial charge in [0.15, 0.2) is 0 Å². The highest BCUT2D eigenvalue weighted by atomic mass is 35.5. The van der Waals surface area contributed by atoms with Crippen molar-refractivity contribution >= 4 is 34.5 Å². The van der Waals surface area contributed by atoms with Crippen LogP contribution in [0.15, 0.2) is 18.2 Å². The van der Waals surface area contributed by atoms with Crippen LogP contribution in [0.1, 0.15) is 31.2 Å². The van der Waals surface area contributed by atoms with Crippen molar-refractivity contribution in [1.29, 1.82) is 0 Å². The topological polar surface area (TPSA) is 38.0 Å². The van der Waals surface area contributed by atoms with E-state index in [2.05, 4.69) is 5.32 Å². The van der Waals surface area contributed by atoms with Gasteiger partial charge in [-0.15, -0.1) is 0 Å². The zero-order chi connectivity index (χ0) is 12.3. The molecule has 0 aliphatic heterocycles. The number of hydrogen-bond donors (Lipinski definition) is 2. The molecule has 0 atom stereocenters. The van der Waals surface area contributed by atoms with Crippen LogP contribution in [-0.4, -0.2) is 11.5 Å². The molecule has 2 nitrogen and oxygen atoms in total. The van der Waals surface area contributed by atoms with Crippen LogP contribution in [0.3, 0.4) is 0 Å². The van der Waals surface area contributed by atoms with Crippen LogP contribution in [0.5, 0.6) is 0 Å². The standard InChI is InChI=1S/C13H17ClN2S/c14-10-4-5-12(11(8-10)13(15)17)16-7-6-9-2-1-3-9/h4-5,8-9,16H,1-3,6-7H2,(H2,15,17). The Morgan fingerprint density at radius 2 is 2.24 bits per heavy atom. The summed E-state index contributed by atoms with van der Waals surface area (Å²) in [7, 11) is 0. The molecule has 1 fully saturated rings. The quantitative estimate of drug-likeness (QED) is 0.802. The molecule has 2 rings (SSSR count). The van der Waals surface area contributed by atoms with E-state index in [-0.39, 0.29) is 0 Å². The predicted octanol–water partition coefficient (Wildman–Crippen LogP) is 3.58. The van der Waals surface area contributed by atoms with Gasteiger partial charge in [-0.1, -0.05) is 43.1 Å². The molecule has 92 valence electrons. The smallest absolute Gasteiger partial charge is 0.106 e. The summed E-state index contributed by atoms with van der Waals surface area (Å²) in [6.07, 6.45) is 5.37. The molecule has 0 heterocycles. The average molecular weight is 269 g/mol. The molecule has 1 aromatic rings. The van der Waals surface area contributed by atoms with Gasteiger partial charge in [-0.2, -0.15) is 0 Å². The van der Waals surface area contributed by atoms with Gasteiger partial charge in [0, 0.05) is 22.8 Å². The molecule has 0 radical (unpaired) electrons. The van der Waals surface area contributed by atoms with Crippen molar-refractivity contribution in [2.45, 2.75) is 25.7 Å². The van der Waals surface area contributed by atoms with Crippen molar-refractivity contribution in [3.05, 3.63) is 28.8 Å². The van der Waals surface area contributed by atoms with Gasteiger partial charge in [0.25, 0.3) is 0 Å². The summed E-state index contributed by atoms with van der Waals surface area (Å²) in [6.45, 7) is 0.974. The maximum Gasteiger partial charge on any atom is 0.106 e. The summed E-state index contributed by atoms with van der Waals surface area (Å²) >= 11 is 11.0. The van der Waals surface area contributed by atoms with E-state index in [1.807, 2.05) is 18.2 Å². The minimum atomic E-state index is 0.388. The second-order valence-electron chi connectivity index (χ2n) is 4.57. The first-order valence-electron chi connectivity index (χ1n) is 6.00. The fourth-order valence-corrected chi connectivity index (χ4v) is 2.41. The lowest BCUT2D eigenvalue weighted by Gasteiger charge is -2.25. The van der Waals surface area contributed by atoms with Crippen LogP contribution in [0.25, 0.3) is 0 Å². The summed E-state index contributed by atoms with van der Waals surface area (Å²) < 4.78 is 0. The lowest BCUT2D eigenvalue weighted by Crippen LogP contribution is -2.17. The first-order valence-corrected chi connectivity index (χ1v) is 6.78. The Morgan fingerprint density at radius 3 is 2.82 bits per heavy atom. The van der Waals surface area contributed by atoms with Crippen molar-refractivity contribution in [1.82, 2.24) is 0 Å². The minimum Gasteiger partial charge on any atom is -0.389 e. The van der Waals surface area contributed by atoms with Crippen LogP contribution in [-0.2, 0) is 0 Å². The van der Waals surface area contributed by atoms with Crippen LogP contribution in [0, 0.1) is 5.92 Å². The van der Waals surface area contributed by atoms with Crippen LogP contribution >= 0.6 is 23.8 Å². The Hall–Kier alpha value is -0.800. The molecule has 1 aromatic carbocycles. The van der Waals surface area contributed by atoms with Crippen LogP contribution in [0.2, 0.25) is 5.02 Å². The lowest BCUT2D eigenvalue weighted by molar-refractivity contribution is 0.303. The van der Waals surface area contributed by atoms with Gasteiger partial charge in [-0.25, -0.2) is 0 Å². The third-order valence-electron chi connectivity index (χ3n) is 3.34. The molecule has 4 heteroatoms. The lowest BCUT2D eigenvalue weighted by atomic mass is 9.83. The van der Waals surface area contributed by atoms with Gasteiger partial charge in [-0.3, -0.25) is 0 Å². The van der Waals surface area contributed by atoms with Gasteiger partial charge in [-0.05, 0) is 30.5 Å². The van der Waals surface area contributed by atoms with E-state index in [1.165, 1.54) is 25.7 Å². The van der Waals surface area contributed by atoms with Crippen molar-refractivity contribution in [2.75, 3.05) is 11.9 Å². The van der Waals surface area contributed by atoms with Crippen molar-refractivity contribution < 1.29 is 0 Å². The number of rotatable bonds is 5. The largest absolute Gasteiger partial charge is 0.389 e. The first-order chi connectivity index (χ1) is 8.16. The molecular formula is C13H17ClN2S. The second-order valence-corrected chi connectivity index (χ2v) is 5.44. The van der Waals surface area contributed by atoms with Crippen LogP contribution < -0.4 is 11.1 Å². The number of nitrogens with two attached hydrogens (primary N) is 1. The van der Waals surface area contributed by atoms with Crippen molar-refractivity contribution in [3.8, 4) is 0 Å². The molecular weight excluding hydrogens is 252 g/mol. The van der Waals surface area contributed by atoms with Gasteiger partial charge < -0.3 is 11.1 Å². The zero-order valence-corrected chi connectivity index (χ0v) is 11.3. The second kappa shape index (κ2) is 5.69. The molecule has 0 amide bonds.